The molecule has 242 valence electrons. The largest absolute Gasteiger partial charge is 0.478 e. The van der Waals surface area contributed by atoms with Gasteiger partial charge in [0.1, 0.15) is 0 Å². The first kappa shape index (κ1) is 31.6. The van der Waals surface area contributed by atoms with E-state index in [-0.39, 0.29) is 33.2 Å². The Hall–Kier alpha value is -2.34. The van der Waals surface area contributed by atoms with Gasteiger partial charge in [0, 0.05) is 18.6 Å². The van der Waals surface area contributed by atoms with Crippen molar-refractivity contribution < 1.29 is 14.7 Å². The number of allylic oxidation sites excluding steroid dienone is 2. The third kappa shape index (κ3) is 4.67. The lowest BCUT2D eigenvalue weighted by Crippen LogP contribution is -2.68. The van der Waals surface area contributed by atoms with E-state index in [0.717, 1.165) is 25.8 Å². The molecule has 0 heterocycles. The number of nitrogens with zero attached hydrogens (tertiary/aromatic N) is 1. The van der Waals surface area contributed by atoms with Crippen molar-refractivity contribution in [3.05, 3.63) is 41.5 Å². The van der Waals surface area contributed by atoms with Crippen LogP contribution >= 0.6 is 0 Å². The highest BCUT2D eigenvalue weighted by atomic mass is 16.4. The van der Waals surface area contributed by atoms with Crippen LogP contribution in [0.5, 0.6) is 0 Å². The molecule has 0 aromatic heterocycles. The lowest BCUT2D eigenvalue weighted by atomic mass is 9.33. The first-order valence-electron chi connectivity index (χ1n) is 17.4. The van der Waals surface area contributed by atoms with Crippen molar-refractivity contribution in [2.45, 2.75) is 104 Å². The molecule has 6 nitrogen and oxygen atoms in total. The lowest BCUT2D eigenvalue weighted by Gasteiger charge is -2.72. The molecule has 44 heavy (non-hydrogen) atoms. The maximum Gasteiger partial charge on any atom is 0.335 e. The highest BCUT2D eigenvalue weighted by Crippen LogP contribution is 2.76. The van der Waals surface area contributed by atoms with Gasteiger partial charge in [-0.3, -0.25) is 0 Å². The summed E-state index contributed by atoms with van der Waals surface area (Å²) in [6, 6.07) is 7.59. The van der Waals surface area contributed by atoms with Crippen molar-refractivity contribution in [1.82, 2.24) is 15.5 Å². The summed E-state index contributed by atoms with van der Waals surface area (Å²) < 4.78 is 0. The van der Waals surface area contributed by atoms with Crippen LogP contribution in [0.2, 0.25) is 0 Å². The molecule has 0 saturated heterocycles. The van der Waals surface area contributed by atoms with Crippen molar-refractivity contribution in [3.63, 3.8) is 0 Å². The van der Waals surface area contributed by atoms with Gasteiger partial charge in [-0.05, 0) is 140 Å². The molecular formula is C38H57N3O3. The first-order chi connectivity index (χ1) is 20.7. The molecule has 7 unspecified atom stereocenters. The van der Waals surface area contributed by atoms with E-state index in [9.17, 15) is 14.7 Å². The van der Waals surface area contributed by atoms with E-state index >= 15 is 0 Å². The fourth-order valence-electron chi connectivity index (χ4n) is 12.3. The molecule has 1 aromatic carbocycles. The van der Waals surface area contributed by atoms with E-state index in [0.29, 0.717) is 35.8 Å². The molecule has 4 fully saturated rings. The number of amides is 2. The molecular weight excluding hydrogens is 546 g/mol. The van der Waals surface area contributed by atoms with E-state index in [4.69, 9.17) is 0 Å². The Balaban J connectivity index is 1.25. The fourth-order valence-corrected chi connectivity index (χ4v) is 12.3. The van der Waals surface area contributed by atoms with Crippen molar-refractivity contribution in [3.8, 4) is 0 Å². The van der Waals surface area contributed by atoms with E-state index < -0.39 is 5.97 Å². The van der Waals surface area contributed by atoms with Crippen LogP contribution in [0, 0.1) is 45.3 Å². The Morgan fingerprint density at radius 3 is 2.27 bits per heavy atom. The van der Waals surface area contributed by atoms with Crippen LogP contribution in [0.15, 0.2) is 30.3 Å². The zero-order valence-corrected chi connectivity index (χ0v) is 28.4. The fraction of sp³-hybridized carbons (Fsp3) is 0.737. The molecule has 4 saturated carbocycles. The number of carboxylic acids is 1. The number of rotatable bonds is 6. The van der Waals surface area contributed by atoms with Gasteiger partial charge >= 0.3 is 12.0 Å². The minimum atomic E-state index is -0.867. The summed E-state index contributed by atoms with van der Waals surface area (Å²) >= 11 is 0. The number of nitrogens with one attached hydrogen (secondary N) is 2. The van der Waals surface area contributed by atoms with Crippen LogP contribution < -0.4 is 10.6 Å². The highest BCUT2D eigenvalue weighted by molar-refractivity contribution is 5.88. The zero-order chi connectivity index (χ0) is 31.7. The van der Waals surface area contributed by atoms with E-state index in [1.165, 1.54) is 56.1 Å². The number of hydrogen-bond acceptors (Lipinski definition) is 3. The summed E-state index contributed by atoms with van der Waals surface area (Å²) in [5.74, 6) is 1.64. The topological polar surface area (TPSA) is 81.7 Å². The number of benzene rings is 1. The Labute approximate surface area is 265 Å². The van der Waals surface area contributed by atoms with Crippen molar-refractivity contribution in [2.24, 2.45) is 45.3 Å². The van der Waals surface area contributed by atoms with Crippen LogP contribution in [0.25, 0.3) is 5.57 Å². The Kier molecular flexibility index (Phi) is 7.82. The molecule has 5 aliphatic rings. The summed E-state index contributed by atoms with van der Waals surface area (Å²) in [5, 5.41) is 16.2. The summed E-state index contributed by atoms with van der Waals surface area (Å²) in [4.78, 5) is 26.7. The van der Waals surface area contributed by atoms with Gasteiger partial charge in [-0.15, -0.1) is 0 Å². The molecule has 6 heteroatoms. The Morgan fingerprint density at radius 1 is 0.864 bits per heavy atom. The Morgan fingerprint density at radius 2 is 1.59 bits per heavy atom. The van der Waals surface area contributed by atoms with Crippen molar-refractivity contribution in [2.75, 3.05) is 27.2 Å². The van der Waals surface area contributed by atoms with Gasteiger partial charge in [-0.2, -0.15) is 0 Å². The normalized spacial score (nSPS) is 40.6. The maximum atomic E-state index is 13.1. The number of carbonyl (C=O) groups excluding carboxylic acids is 1. The summed E-state index contributed by atoms with van der Waals surface area (Å²) in [6.45, 7) is 14.4. The van der Waals surface area contributed by atoms with Crippen LogP contribution in [0.3, 0.4) is 0 Å². The van der Waals surface area contributed by atoms with Gasteiger partial charge in [0.15, 0.2) is 0 Å². The number of fused-ring (bicyclic) bond motifs is 7. The standard InChI is InChI=1S/C38H57N3O3/c1-34(2)27(25-10-12-26(13-11-25)32(42)43)16-19-35(3)30(34)17-20-37(5)31(35)15-14-28-29-9-8-18-38(29,22-21-36(28,37)4)40-33(44)39-23-24-41(6)7/h10-13,16,28-31H,8-9,14-15,17-24H2,1-7H3,(H,42,43)(H2,39,40,44)/t28?,29?,30?,31?,35?,36-,37?,38?/m1/s1. The summed E-state index contributed by atoms with van der Waals surface area (Å²) in [5.41, 5.74) is 3.71. The molecule has 1 aromatic rings. The minimum Gasteiger partial charge on any atom is -0.478 e. The van der Waals surface area contributed by atoms with E-state index in [1.807, 2.05) is 26.2 Å². The second-order valence-electron chi connectivity index (χ2n) is 16.9. The predicted molar refractivity (Wildman–Crippen MR) is 177 cm³/mol. The van der Waals surface area contributed by atoms with Gasteiger partial charge in [-0.1, -0.05) is 59.2 Å². The van der Waals surface area contributed by atoms with Gasteiger partial charge in [0.2, 0.25) is 0 Å². The molecule has 5 aliphatic carbocycles. The Bertz CT molecular complexity index is 1320. The molecule has 0 bridgehead atoms. The molecule has 0 aliphatic heterocycles. The van der Waals surface area contributed by atoms with Crippen LogP contribution in [-0.2, 0) is 0 Å². The summed E-state index contributed by atoms with van der Waals surface area (Å²) in [6.07, 6.45) is 14.6. The van der Waals surface area contributed by atoms with E-state index in [1.54, 1.807) is 12.1 Å². The monoisotopic (exact) mass is 603 g/mol. The average molecular weight is 604 g/mol. The number of likely N-dealkylation sites (N-methyl/N-ethyl adjacent to an activating group) is 1. The molecule has 0 radical (unpaired) electrons. The maximum absolute atomic E-state index is 13.1. The smallest absolute Gasteiger partial charge is 0.335 e. The summed E-state index contributed by atoms with van der Waals surface area (Å²) in [7, 11) is 4.09. The van der Waals surface area contributed by atoms with Crippen molar-refractivity contribution in [1.29, 1.82) is 0 Å². The average Bonchev–Trinajstić information content (AvgIpc) is 3.36. The SMILES string of the molecule is CN(C)CCNC(=O)NC12CCCC1C1CCC3C4(C)CC=C(c5ccc(C(=O)O)cc5)C(C)(C)C4CCC3(C)[C@]1(C)CC2. The third-order valence-corrected chi connectivity index (χ3v) is 14.6. The van der Waals surface area contributed by atoms with Crippen LogP contribution in [0.1, 0.15) is 115 Å². The number of hydrogen-bond donors (Lipinski definition) is 3. The zero-order valence-electron chi connectivity index (χ0n) is 28.4. The molecule has 2 amide bonds. The number of aromatic carboxylic acids is 1. The highest BCUT2D eigenvalue weighted by Gasteiger charge is 2.69. The van der Waals surface area contributed by atoms with Gasteiger partial charge in [-0.25, -0.2) is 9.59 Å². The first-order valence-corrected chi connectivity index (χ1v) is 17.4. The van der Waals surface area contributed by atoms with Gasteiger partial charge in [0.05, 0.1) is 5.56 Å². The third-order valence-electron chi connectivity index (χ3n) is 14.6. The molecule has 0 spiro atoms. The second kappa shape index (κ2) is 10.9. The van der Waals surface area contributed by atoms with Crippen molar-refractivity contribution >= 4 is 17.6 Å². The number of carbonyl (C=O) groups is 2. The quantitative estimate of drug-likeness (QED) is 0.309. The predicted octanol–water partition coefficient (Wildman–Crippen LogP) is 7.85. The van der Waals surface area contributed by atoms with Gasteiger partial charge < -0.3 is 20.6 Å². The number of carboxylic acid groups (broad SMARTS) is 1. The van der Waals surface area contributed by atoms with Crippen LogP contribution in [-0.4, -0.2) is 54.7 Å². The lowest BCUT2D eigenvalue weighted by molar-refractivity contribution is -0.216. The molecule has 6 rings (SSSR count). The number of urea groups is 1. The van der Waals surface area contributed by atoms with E-state index in [2.05, 4.69) is 56.2 Å². The minimum absolute atomic E-state index is 0.0217. The second-order valence-corrected chi connectivity index (χ2v) is 16.9. The van der Waals surface area contributed by atoms with Crippen LogP contribution in [0.4, 0.5) is 4.79 Å². The van der Waals surface area contributed by atoms with Gasteiger partial charge in [0.25, 0.3) is 0 Å². The molecule has 8 atom stereocenters. The molecule has 3 N–H and O–H groups in total.